The van der Waals surface area contributed by atoms with Crippen LogP contribution in [0.1, 0.15) is 20.7 Å². The fraction of sp³-hybridized carbons (Fsp3) is 0.0667. The maximum Gasteiger partial charge on any atom is 0.343 e. The zero-order chi connectivity index (χ0) is 15.4. The summed E-state index contributed by atoms with van der Waals surface area (Å²) in [6.45, 7) is 0. The van der Waals surface area contributed by atoms with Gasteiger partial charge in [-0.1, -0.05) is 0 Å². The van der Waals surface area contributed by atoms with Gasteiger partial charge in [0.05, 0.1) is 18.2 Å². The van der Waals surface area contributed by atoms with Gasteiger partial charge >= 0.3 is 11.9 Å². The Morgan fingerprint density at radius 3 is 2.05 bits per heavy atom. The molecule has 0 heterocycles. The monoisotopic (exact) mass is 292 g/mol. The summed E-state index contributed by atoms with van der Waals surface area (Å²) in [5.41, 5.74) is 0.177. The summed E-state index contributed by atoms with van der Waals surface area (Å²) in [5, 5.41) is 0. The maximum atomic E-state index is 13.0. The van der Waals surface area contributed by atoms with E-state index in [1.54, 1.807) is 0 Å². The molecule has 21 heavy (non-hydrogen) atoms. The van der Waals surface area contributed by atoms with Gasteiger partial charge < -0.3 is 9.47 Å². The molecular formula is C15H10F2O4. The minimum atomic E-state index is -1.13. The van der Waals surface area contributed by atoms with Crippen molar-refractivity contribution in [1.29, 1.82) is 0 Å². The molecule has 2 rings (SSSR count). The van der Waals surface area contributed by atoms with Crippen molar-refractivity contribution in [1.82, 2.24) is 0 Å². The second-order valence-electron chi connectivity index (χ2n) is 4.03. The van der Waals surface area contributed by atoms with Crippen LogP contribution < -0.4 is 4.74 Å². The highest BCUT2D eigenvalue weighted by atomic mass is 19.2. The van der Waals surface area contributed by atoms with Crippen LogP contribution in [-0.4, -0.2) is 19.0 Å². The fourth-order valence-corrected chi connectivity index (χ4v) is 1.57. The molecule has 2 aromatic rings. The zero-order valence-electron chi connectivity index (χ0n) is 10.9. The predicted molar refractivity (Wildman–Crippen MR) is 69.1 cm³/mol. The molecule has 0 aliphatic carbocycles. The third-order valence-corrected chi connectivity index (χ3v) is 2.64. The van der Waals surface area contributed by atoms with Gasteiger partial charge in [0.25, 0.3) is 0 Å². The molecule has 0 aliphatic rings. The average molecular weight is 292 g/mol. The van der Waals surface area contributed by atoms with Gasteiger partial charge in [-0.05, 0) is 42.5 Å². The number of ether oxygens (including phenoxy) is 2. The molecule has 0 atom stereocenters. The number of methoxy groups -OCH3 is 1. The summed E-state index contributed by atoms with van der Waals surface area (Å²) in [5.74, 6) is -3.37. The highest BCUT2D eigenvalue weighted by Gasteiger charge is 2.12. The molecule has 2 aromatic carbocycles. The molecule has 6 heteroatoms. The summed E-state index contributed by atoms with van der Waals surface area (Å²) in [6.07, 6.45) is 0. The molecule has 108 valence electrons. The summed E-state index contributed by atoms with van der Waals surface area (Å²) in [6, 6.07) is 8.32. The highest BCUT2D eigenvalue weighted by Crippen LogP contribution is 2.16. The van der Waals surface area contributed by atoms with Crippen molar-refractivity contribution in [2.45, 2.75) is 0 Å². The SMILES string of the molecule is COC(=O)c1ccc(OC(=O)c2ccc(F)c(F)c2)cc1. The third-order valence-electron chi connectivity index (χ3n) is 2.64. The van der Waals surface area contributed by atoms with Crippen LogP contribution in [-0.2, 0) is 4.74 Å². The number of carbonyl (C=O) groups excluding carboxylic acids is 2. The summed E-state index contributed by atoms with van der Waals surface area (Å²) in [4.78, 5) is 23.0. The number of halogens is 2. The number of carbonyl (C=O) groups is 2. The molecule has 0 radical (unpaired) electrons. The quantitative estimate of drug-likeness (QED) is 0.644. The lowest BCUT2D eigenvalue weighted by molar-refractivity contribution is 0.0600. The van der Waals surface area contributed by atoms with E-state index in [2.05, 4.69) is 4.74 Å². The maximum absolute atomic E-state index is 13.0. The van der Waals surface area contributed by atoms with Crippen molar-refractivity contribution in [2.24, 2.45) is 0 Å². The molecule has 0 amide bonds. The van der Waals surface area contributed by atoms with E-state index in [1.807, 2.05) is 0 Å². The Bertz CT molecular complexity index is 681. The van der Waals surface area contributed by atoms with Gasteiger partial charge in [0.2, 0.25) is 0 Å². The van der Waals surface area contributed by atoms with E-state index in [0.29, 0.717) is 5.56 Å². The van der Waals surface area contributed by atoms with Gasteiger partial charge in [-0.3, -0.25) is 0 Å². The first-order valence-corrected chi connectivity index (χ1v) is 5.87. The molecule has 4 nitrogen and oxygen atoms in total. The summed E-state index contributed by atoms with van der Waals surface area (Å²) < 4.78 is 35.3. The van der Waals surface area contributed by atoms with Crippen molar-refractivity contribution >= 4 is 11.9 Å². The largest absolute Gasteiger partial charge is 0.465 e. The minimum Gasteiger partial charge on any atom is -0.465 e. The van der Waals surface area contributed by atoms with Crippen LogP contribution in [0.5, 0.6) is 5.75 Å². The Morgan fingerprint density at radius 2 is 1.48 bits per heavy atom. The van der Waals surface area contributed by atoms with Crippen LogP contribution in [0.15, 0.2) is 42.5 Å². The minimum absolute atomic E-state index is 0.119. The first-order valence-electron chi connectivity index (χ1n) is 5.87. The standard InChI is InChI=1S/C15H10F2O4/c1-20-14(18)9-2-5-11(6-3-9)21-15(19)10-4-7-12(16)13(17)8-10/h2-8H,1H3. The molecule has 0 aromatic heterocycles. The lowest BCUT2D eigenvalue weighted by Crippen LogP contribution is -2.09. The zero-order valence-corrected chi connectivity index (χ0v) is 10.9. The number of hydrogen-bond donors (Lipinski definition) is 0. The van der Waals surface area contributed by atoms with E-state index in [-0.39, 0.29) is 11.3 Å². The first kappa shape index (κ1) is 14.6. The van der Waals surface area contributed by atoms with Gasteiger partial charge in [-0.25, -0.2) is 18.4 Å². The molecule has 0 unspecified atom stereocenters. The predicted octanol–water partition coefficient (Wildman–Crippen LogP) is 2.97. The fourth-order valence-electron chi connectivity index (χ4n) is 1.57. The molecule has 0 N–H and O–H groups in total. The van der Waals surface area contributed by atoms with E-state index in [9.17, 15) is 18.4 Å². The smallest absolute Gasteiger partial charge is 0.343 e. The van der Waals surface area contributed by atoms with Gasteiger partial charge in [-0.2, -0.15) is 0 Å². The Hall–Kier alpha value is -2.76. The van der Waals surface area contributed by atoms with Gasteiger partial charge in [-0.15, -0.1) is 0 Å². The van der Waals surface area contributed by atoms with E-state index in [1.165, 1.54) is 31.4 Å². The average Bonchev–Trinajstić information content (AvgIpc) is 2.50. The van der Waals surface area contributed by atoms with E-state index in [4.69, 9.17) is 4.74 Å². The van der Waals surface area contributed by atoms with E-state index < -0.39 is 23.6 Å². The molecule has 0 spiro atoms. The van der Waals surface area contributed by atoms with Crippen molar-refractivity contribution < 1.29 is 27.8 Å². The molecule has 0 bridgehead atoms. The van der Waals surface area contributed by atoms with E-state index in [0.717, 1.165) is 18.2 Å². The Balaban J connectivity index is 2.12. The number of esters is 2. The van der Waals surface area contributed by atoms with Crippen molar-refractivity contribution in [2.75, 3.05) is 7.11 Å². The third kappa shape index (κ3) is 3.42. The Kier molecular flexibility index (Phi) is 4.27. The second kappa shape index (κ2) is 6.13. The Labute approximate surface area is 118 Å². The molecule has 0 saturated heterocycles. The Morgan fingerprint density at radius 1 is 0.857 bits per heavy atom. The highest BCUT2D eigenvalue weighted by molar-refractivity contribution is 5.92. The number of hydrogen-bond acceptors (Lipinski definition) is 4. The van der Waals surface area contributed by atoms with Gasteiger partial charge in [0.15, 0.2) is 11.6 Å². The van der Waals surface area contributed by atoms with Gasteiger partial charge in [0, 0.05) is 0 Å². The van der Waals surface area contributed by atoms with Crippen LogP contribution in [0.4, 0.5) is 8.78 Å². The molecule has 0 aliphatic heterocycles. The second-order valence-corrected chi connectivity index (χ2v) is 4.03. The van der Waals surface area contributed by atoms with E-state index >= 15 is 0 Å². The van der Waals surface area contributed by atoms with Gasteiger partial charge in [0.1, 0.15) is 5.75 Å². The normalized spacial score (nSPS) is 10.0. The van der Waals surface area contributed by atoms with Crippen LogP contribution in [0, 0.1) is 11.6 Å². The summed E-state index contributed by atoms with van der Waals surface area (Å²) >= 11 is 0. The molecular weight excluding hydrogens is 282 g/mol. The number of rotatable bonds is 3. The lowest BCUT2D eigenvalue weighted by atomic mass is 10.2. The topological polar surface area (TPSA) is 52.6 Å². The van der Waals surface area contributed by atoms with Crippen molar-refractivity contribution in [3.63, 3.8) is 0 Å². The van der Waals surface area contributed by atoms with Crippen LogP contribution >= 0.6 is 0 Å². The molecule has 0 fully saturated rings. The molecule has 0 saturated carbocycles. The van der Waals surface area contributed by atoms with Crippen LogP contribution in [0.3, 0.4) is 0 Å². The van der Waals surface area contributed by atoms with Crippen molar-refractivity contribution in [3.8, 4) is 5.75 Å². The van der Waals surface area contributed by atoms with Crippen LogP contribution in [0.25, 0.3) is 0 Å². The first-order chi connectivity index (χ1) is 10.0. The van der Waals surface area contributed by atoms with Crippen LogP contribution in [0.2, 0.25) is 0 Å². The number of benzene rings is 2. The van der Waals surface area contributed by atoms with Crippen molar-refractivity contribution in [3.05, 3.63) is 65.2 Å². The lowest BCUT2D eigenvalue weighted by Gasteiger charge is -2.05. The summed E-state index contributed by atoms with van der Waals surface area (Å²) in [7, 11) is 1.25.